The second-order valence-corrected chi connectivity index (χ2v) is 4.79. The van der Waals surface area contributed by atoms with Crippen molar-refractivity contribution in [2.75, 3.05) is 20.3 Å². The summed E-state index contributed by atoms with van der Waals surface area (Å²) >= 11 is 0. The number of methoxy groups -OCH3 is 1. The van der Waals surface area contributed by atoms with Gasteiger partial charge in [-0.1, -0.05) is 13.0 Å². The predicted molar refractivity (Wildman–Crippen MR) is 62.3 cm³/mol. The van der Waals surface area contributed by atoms with Gasteiger partial charge in [-0.05, 0) is 18.8 Å². The number of hydrogen-bond acceptors (Lipinski definition) is 4. The average Bonchev–Trinajstić information content (AvgIpc) is 2.97. The lowest BCUT2D eigenvalue weighted by molar-refractivity contribution is -0.238. The number of rotatable bonds is 3. The first-order valence-corrected chi connectivity index (χ1v) is 6.12. The summed E-state index contributed by atoms with van der Waals surface area (Å²) in [7, 11) is 1.42. The molecule has 2 aliphatic rings. The van der Waals surface area contributed by atoms with E-state index in [2.05, 4.69) is 6.58 Å². The Morgan fingerprint density at radius 3 is 2.59 bits per heavy atom. The van der Waals surface area contributed by atoms with Gasteiger partial charge in [-0.25, -0.2) is 0 Å². The summed E-state index contributed by atoms with van der Waals surface area (Å²) in [5.74, 6) is -1.08. The van der Waals surface area contributed by atoms with E-state index in [-0.39, 0.29) is 11.9 Å². The van der Waals surface area contributed by atoms with Crippen LogP contribution in [-0.4, -0.2) is 32.1 Å². The third-order valence-electron chi connectivity index (χ3n) is 4.19. The predicted octanol–water partition coefficient (Wildman–Crippen LogP) is 1.89. The Bertz CT molecular complexity index is 314. The van der Waals surface area contributed by atoms with Gasteiger partial charge in [0.2, 0.25) is 0 Å². The van der Waals surface area contributed by atoms with Crippen LogP contribution in [0.3, 0.4) is 0 Å². The second kappa shape index (κ2) is 4.42. The van der Waals surface area contributed by atoms with E-state index in [0.717, 1.165) is 19.3 Å². The van der Waals surface area contributed by atoms with E-state index in [1.165, 1.54) is 7.11 Å². The highest BCUT2D eigenvalue weighted by molar-refractivity contribution is 5.79. The molecule has 0 N–H and O–H groups in total. The molecule has 1 heterocycles. The van der Waals surface area contributed by atoms with Gasteiger partial charge in [0.25, 0.3) is 0 Å². The average molecular weight is 240 g/mol. The van der Waals surface area contributed by atoms with Gasteiger partial charge in [-0.15, -0.1) is 6.58 Å². The molecule has 96 valence electrons. The fraction of sp³-hybridized carbons (Fsp3) is 0.769. The maximum Gasteiger partial charge on any atom is 0.317 e. The number of allylic oxidation sites excluding steroid dienone is 1. The topological polar surface area (TPSA) is 44.8 Å². The monoisotopic (exact) mass is 240 g/mol. The van der Waals surface area contributed by atoms with E-state index in [0.29, 0.717) is 13.2 Å². The summed E-state index contributed by atoms with van der Waals surface area (Å²) in [6, 6.07) is 0. The van der Waals surface area contributed by atoms with Gasteiger partial charge in [-0.3, -0.25) is 4.79 Å². The summed E-state index contributed by atoms with van der Waals surface area (Å²) in [4.78, 5) is 12.3. The molecular formula is C13H20O4. The molecule has 2 fully saturated rings. The van der Waals surface area contributed by atoms with Crippen LogP contribution in [0.1, 0.15) is 26.2 Å². The fourth-order valence-electron chi connectivity index (χ4n) is 3.27. The SMILES string of the molecule is C=C[C@@H](C)[C@]1(C(=O)OC)CCCC12OCCO2. The van der Waals surface area contributed by atoms with Crippen molar-refractivity contribution in [2.24, 2.45) is 11.3 Å². The minimum Gasteiger partial charge on any atom is -0.468 e. The zero-order valence-corrected chi connectivity index (χ0v) is 10.5. The van der Waals surface area contributed by atoms with Crippen molar-refractivity contribution in [1.82, 2.24) is 0 Å². The molecule has 2 atom stereocenters. The highest BCUT2D eigenvalue weighted by atomic mass is 16.7. The maximum absolute atomic E-state index is 12.3. The minimum atomic E-state index is -0.798. The number of esters is 1. The Labute approximate surface area is 102 Å². The van der Waals surface area contributed by atoms with Gasteiger partial charge in [0, 0.05) is 6.42 Å². The Kier molecular flexibility index (Phi) is 3.27. The van der Waals surface area contributed by atoms with E-state index in [1.54, 1.807) is 6.08 Å². The Morgan fingerprint density at radius 2 is 2.06 bits per heavy atom. The van der Waals surface area contributed by atoms with Crippen molar-refractivity contribution in [2.45, 2.75) is 32.0 Å². The number of ether oxygens (including phenoxy) is 3. The molecule has 1 saturated heterocycles. The van der Waals surface area contributed by atoms with E-state index in [4.69, 9.17) is 14.2 Å². The van der Waals surface area contributed by atoms with Crippen LogP contribution in [-0.2, 0) is 19.0 Å². The Balaban J connectivity index is 2.44. The summed E-state index contributed by atoms with van der Waals surface area (Å²) < 4.78 is 16.6. The highest BCUT2D eigenvalue weighted by Gasteiger charge is 2.66. The zero-order chi connectivity index (χ0) is 12.5. The van der Waals surface area contributed by atoms with E-state index >= 15 is 0 Å². The Hall–Kier alpha value is -0.870. The molecule has 1 saturated carbocycles. The van der Waals surface area contributed by atoms with E-state index in [1.807, 2.05) is 6.92 Å². The first kappa shape index (κ1) is 12.6. The molecule has 4 heteroatoms. The quantitative estimate of drug-likeness (QED) is 0.558. The molecule has 0 amide bonds. The molecule has 17 heavy (non-hydrogen) atoms. The van der Waals surface area contributed by atoms with Gasteiger partial charge in [0.05, 0.1) is 20.3 Å². The lowest BCUT2D eigenvalue weighted by atomic mass is 9.71. The largest absolute Gasteiger partial charge is 0.468 e. The molecule has 1 aliphatic heterocycles. The van der Waals surface area contributed by atoms with Crippen molar-refractivity contribution >= 4 is 5.97 Å². The number of hydrogen-bond donors (Lipinski definition) is 0. The summed E-state index contributed by atoms with van der Waals surface area (Å²) in [6.07, 6.45) is 4.18. The van der Waals surface area contributed by atoms with Crippen molar-refractivity contribution in [3.8, 4) is 0 Å². The van der Waals surface area contributed by atoms with Crippen molar-refractivity contribution in [3.63, 3.8) is 0 Å². The fourth-order valence-corrected chi connectivity index (χ4v) is 3.27. The molecule has 4 nitrogen and oxygen atoms in total. The Morgan fingerprint density at radius 1 is 1.41 bits per heavy atom. The zero-order valence-electron chi connectivity index (χ0n) is 10.5. The summed E-state index contributed by atoms with van der Waals surface area (Å²) in [5.41, 5.74) is -0.736. The van der Waals surface area contributed by atoms with Gasteiger partial charge in [0.1, 0.15) is 5.41 Å². The molecule has 1 aliphatic carbocycles. The molecule has 0 aromatic heterocycles. The van der Waals surface area contributed by atoms with E-state index in [9.17, 15) is 4.79 Å². The second-order valence-electron chi connectivity index (χ2n) is 4.79. The van der Waals surface area contributed by atoms with Crippen molar-refractivity contribution in [1.29, 1.82) is 0 Å². The van der Waals surface area contributed by atoms with Crippen LogP contribution in [0.4, 0.5) is 0 Å². The lowest BCUT2D eigenvalue weighted by Gasteiger charge is -2.42. The summed E-state index contributed by atoms with van der Waals surface area (Å²) in [6.45, 7) is 6.87. The molecule has 0 radical (unpaired) electrons. The first-order chi connectivity index (χ1) is 8.13. The standard InChI is InChI=1S/C13H20O4/c1-4-10(2)12(11(14)15-3)6-5-7-13(12)16-8-9-17-13/h4,10H,1,5-9H2,2-3H3/t10-,12+/m1/s1. The lowest BCUT2D eigenvalue weighted by Crippen LogP contribution is -2.54. The van der Waals surface area contributed by atoms with Crippen LogP contribution in [0.2, 0.25) is 0 Å². The molecule has 0 aromatic rings. The third-order valence-corrected chi connectivity index (χ3v) is 4.19. The van der Waals surface area contributed by atoms with Gasteiger partial charge in [0.15, 0.2) is 5.79 Å². The highest BCUT2D eigenvalue weighted by Crippen LogP contribution is 2.56. The van der Waals surface area contributed by atoms with Crippen LogP contribution < -0.4 is 0 Å². The van der Waals surface area contributed by atoms with Gasteiger partial charge in [-0.2, -0.15) is 0 Å². The van der Waals surface area contributed by atoms with Crippen molar-refractivity contribution in [3.05, 3.63) is 12.7 Å². The minimum absolute atomic E-state index is 0.0319. The molecule has 2 rings (SSSR count). The smallest absolute Gasteiger partial charge is 0.317 e. The first-order valence-electron chi connectivity index (χ1n) is 6.12. The summed E-state index contributed by atoms with van der Waals surface area (Å²) in [5, 5.41) is 0. The molecular weight excluding hydrogens is 220 g/mol. The van der Waals surface area contributed by atoms with Crippen LogP contribution in [0.5, 0.6) is 0 Å². The van der Waals surface area contributed by atoms with E-state index < -0.39 is 11.2 Å². The van der Waals surface area contributed by atoms with Crippen LogP contribution in [0.15, 0.2) is 12.7 Å². The third kappa shape index (κ3) is 1.54. The molecule has 1 spiro atoms. The van der Waals surface area contributed by atoms with Gasteiger partial charge < -0.3 is 14.2 Å². The number of carbonyl (C=O) groups is 1. The van der Waals surface area contributed by atoms with Crippen LogP contribution in [0.25, 0.3) is 0 Å². The van der Waals surface area contributed by atoms with Crippen LogP contribution in [0, 0.1) is 11.3 Å². The normalized spacial score (nSPS) is 32.6. The number of carbonyl (C=O) groups excluding carboxylic acids is 1. The molecule has 0 unspecified atom stereocenters. The van der Waals surface area contributed by atoms with Gasteiger partial charge >= 0.3 is 5.97 Å². The van der Waals surface area contributed by atoms with Crippen LogP contribution >= 0.6 is 0 Å². The molecule has 0 aromatic carbocycles. The molecule has 0 bridgehead atoms. The van der Waals surface area contributed by atoms with Crippen molar-refractivity contribution < 1.29 is 19.0 Å². The maximum atomic E-state index is 12.3.